The number of carbonyl (C=O) groups excluding carboxylic acids is 1. The highest BCUT2D eigenvalue weighted by atomic mass is 35.5. The van der Waals surface area contributed by atoms with E-state index in [0.717, 1.165) is 5.56 Å². The Morgan fingerprint density at radius 1 is 1.38 bits per heavy atom. The Morgan fingerprint density at radius 3 is 3.12 bits per heavy atom. The van der Waals surface area contributed by atoms with Gasteiger partial charge < -0.3 is 10.1 Å². The fourth-order valence-corrected chi connectivity index (χ4v) is 2.77. The summed E-state index contributed by atoms with van der Waals surface area (Å²) in [4.78, 5) is 20.7. The second-order valence-corrected chi connectivity index (χ2v) is 5.70. The maximum absolute atomic E-state index is 12.5. The van der Waals surface area contributed by atoms with Crippen LogP contribution in [0.5, 0.6) is 5.75 Å². The maximum Gasteiger partial charge on any atom is 0.265 e. The number of amides is 1. The Labute approximate surface area is 142 Å². The van der Waals surface area contributed by atoms with E-state index in [-0.39, 0.29) is 5.91 Å². The van der Waals surface area contributed by atoms with Gasteiger partial charge in [-0.2, -0.15) is 5.10 Å². The topological polar surface area (TPSA) is 81.9 Å². The van der Waals surface area contributed by atoms with Gasteiger partial charge in [0.2, 0.25) is 0 Å². The molecule has 0 spiro atoms. The van der Waals surface area contributed by atoms with Crippen molar-refractivity contribution in [3.8, 4) is 11.6 Å². The van der Waals surface area contributed by atoms with Gasteiger partial charge in [-0.25, -0.2) is 14.6 Å². The summed E-state index contributed by atoms with van der Waals surface area (Å²) in [6.45, 7) is 0. The largest absolute Gasteiger partial charge is 0.480 e. The summed E-state index contributed by atoms with van der Waals surface area (Å²) in [5.74, 6) is 0.917. The number of ether oxygens (including phenoxy) is 1. The third-order valence-corrected chi connectivity index (χ3v) is 3.90. The van der Waals surface area contributed by atoms with Crippen LogP contribution in [0.1, 0.15) is 5.56 Å². The zero-order valence-electron chi connectivity index (χ0n) is 12.4. The molecule has 1 aliphatic heterocycles. The van der Waals surface area contributed by atoms with E-state index in [1.165, 1.54) is 17.3 Å². The Morgan fingerprint density at radius 2 is 2.29 bits per heavy atom. The number of halogens is 1. The molecule has 2 aromatic heterocycles. The Kier molecular flexibility index (Phi) is 3.62. The predicted molar refractivity (Wildman–Crippen MR) is 87.4 cm³/mol. The molecule has 1 aliphatic rings. The van der Waals surface area contributed by atoms with E-state index in [0.29, 0.717) is 28.7 Å². The number of rotatable bonds is 3. The molecule has 0 saturated heterocycles. The van der Waals surface area contributed by atoms with Crippen molar-refractivity contribution in [3.63, 3.8) is 0 Å². The number of benzene rings is 1. The molecule has 7 nitrogen and oxygen atoms in total. The van der Waals surface area contributed by atoms with Gasteiger partial charge in [0.05, 0.1) is 5.69 Å². The molecule has 0 bridgehead atoms. The molecular formula is C16H12ClN5O2. The lowest BCUT2D eigenvalue weighted by molar-refractivity contribution is -0.122. The summed E-state index contributed by atoms with van der Waals surface area (Å²) in [5.41, 5.74) is 1.45. The molecule has 3 heterocycles. The lowest BCUT2D eigenvalue weighted by Gasteiger charge is -2.13. The SMILES string of the molecule is O=C(Nc1cccnc1-n1cncn1)[C@@H]1Cc2cc(Cl)ccc2O1. The van der Waals surface area contributed by atoms with Crippen LogP contribution in [0.4, 0.5) is 5.69 Å². The van der Waals surface area contributed by atoms with Crippen LogP contribution in [0.3, 0.4) is 0 Å². The van der Waals surface area contributed by atoms with Crippen LogP contribution in [0, 0.1) is 0 Å². The Hall–Kier alpha value is -2.93. The van der Waals surface area contributed by atoms with Gasteiger partial charge in [0.25, 0.3) is 5.91 Å². The molecule has 0 fully saturated rings. The standard InChI is InChI=1S/C16H12ClN5O2/c17-11-3-4-13-10(6-11)7-14(24-13)16(23)21-12-2-1-5-19-15(12)22-9-18-8-20-22/h1-6,8-9,14H,7H2,(H,21,23)/t14-/m0/s1. The molecule has 0 aliphatic carbocycles. The van der Waals surface area contributed by atoms with Gasteiger partial charge in [-0.1, -0.05) is 11.6 Å². The molecule has 120 valence electrons. The normalized spacial score (nSPS) is 15.6. The van der Waals surface area contributed by atoms with E-state index in [9.17, 15) is 4.79 Å². The highest BCUT2D eigenvalue weighted by Crippen LogP contribution is 2.31. The highest BCUT2D eigenvalue weighted by molar-refractivity contribution is 6.30. The molecule has 1 amide bonds. The number of pyridine rings is 1. The molecule has 0 saturated carbocycles. The van der Waals surface area contributed by atoms with Crippen LogP contribution < -0.4 is 10.1 Å². The minimum Gasteiger partial charge on any atom is -0.480 e. The van der Waals surface area contributed by atoms with Crippen molar-refractivity contribution in [2.24, 2.45) is 0 Å². The van der Waals surface area contributed by atoms with Crippen molar-refractivity contribution < 1.29 is 9.53 Å². The number of fused-ring (bicyclic) bond motifs is 1. The summed E-state index contributed by atoms with van der Waals surface area (Å²) in [6.07, 6.45) is 4.40. The molecule has 1 atom stereocenters. The van der Waals surface area contributed by atoms with Crippen LogP contribution in [-0.2, 0) is 11.2 Å². The molecule has 1 aromatic carbocycles. The van der Waals surface area contributed by atoms with Crippen LogP contribution in [0.25, 0.3) is 5.82 Å². The van der Waals surface area contributed by atoms with Crippen LogP contribution in [-0.4, -0.2) is 31.8 Å². The van der Waals surface area contributed by atoms with Crippen molar-refractivity contribution in [2.45, 2.75) is 12.5 Å². The first kappa shape index (κ1) is 14.6. The lowest BCUT2D eigenvalue weighted by Crippen LogP contribution is -2.31. The monoisotopic (exact) mass is 341 g/mol. The number of nitrogens with zero attached hydrogens (tertiary/aromatic N) is 4. The van der Waals surface area contributed by atoms with Gasteiger partial charge in [0, 0.05) is 17.6 Å². The molecule has 3 aromatic rings. The second kappa shape index (κ2) is 5.93. The molecule has 0 radical (unpaired) electrons. The van der Waals surface area contributed by atoms with Crippen molar-refractivity contribution in [3.05, 3.63) is 59.8 Å². The highest BCUT2D eigenvalue weighted by Gasteiger charge is 2.29. The van der Waals surface area contributed by atoms with Crippen LogP contribution >= 0.6 is 11.6 Å². The maximum atomic E-state index is 12.5. The van der Waals surface area contributed by atoms with E-state index in [1.807, 2.05) is 6.07 Å². The minimum atomic E-state index is -0.609. The molecule has 0 unspecified atom stereocenters. The Balaban J connectivity index is 1.54. The van der Waals surface area contributed by atoms with Gasteiger partial charge >= 0.3 is 0 Å². The van der Waals surface area contributed by atoms with Gasteiger partial charge in [-0.3, -0.25) is 4.79 Å². The van der Waals surface area contributed by atoms with E-state index < -0.39 is 6.10 Å². The first-order chi connectivity index (χ1) is 11.7. The van der Waals surface area contributed by atoms with E-state index in [4.69, 9.17) is 16.3 Å². The molecule has 4 rings (SSSR count). The first-order valence-electron chi connectivity index (χ1n) is 7.26. The zero-order valence-corrected chi connectivity index (χ0v) is 13.1. The molecular weight excluding hydrogens is 330 g/mol. The second-order valence-electron chi connectivity index (χ2n) is 5.27. The number of nitrogens with one attached hydrogen (secondary N) is 1. The van der Waals surface area contributed by atoms with Crippen molar-refractivity contribution >= 4 is 23.2 Å². The van der Waals surface area contributed by atoms with Crippen molar-refractivity contribution in [1.29, 1.82) is 0 Å². The van der Waals surface area contributed by atoms with Crippen LogP contribution in [0.2, 0.25) is 5.02 Å². The number of hydrogen-bond donors (Lipinski definition) is 1. The van der Waals surface area contributed by atoms with Gasteiger partial charge in [0.1, 0.15) is 18.4 Å². The number of aromatic nitrogens is 4. The summed E-state index contributed by atoms with van der Waals surface area (Å²) >= 11 is 5.98. The Bertz CT molecular complexity index is 897. The third-order valence-electron chi connectivity index (χ3n) is 3.67. The zero-order chi connectivity index (χ0) is 16.5. The van der Waals surface area contributed by atoms with Gasteiger partial charge in [-0.05, 0) is 35.9 Å². The summed E-state index contributed by atoms with van der Waals surface area (Å²) < 4.78 is 7.19. The van der Waals surface area contributed by atoms with Crippen LogP contribution in [0.15, 0.2) is 49.2 Å². The van der Waals surface area contributed by atoms with E-state index in [2.05, 4.69) is 20.4 Å². The van der Waals surface area contributed by atoms with E-state index >= 15 is 0 Å². The minimum absolute atomic E-state index is 0.253. The molecule has 24 heavy (non-hydrogen) atoms. The number of carbonyl (C=O) groups is 1. The quantitative estimate of drug-likeness (QED) is 0.790. The average Bonchev–Trinajstić information content (AvgIpc) is 3.24. The fraction of sp³-hybridized carbons (Fsp3) is 0.125. The fourth-order valence-electron chi connectivity index (χ4n) is 2.57. The van der Waals surface area contributed by atoms with Gasteiger partial charge in [0.15, 0.2) is 11.9 Å². The van der Waals surface area contributed by atoms with Gasteiger partial charge in [-0.15, -0.1) is 0 Å². The predicted octanol–water partition coefficient (Wildman–Crippen LogP) is 2.26. The third kappa shape index (κ3) is 2.69. The number of hydrogen-bond acceptors (Lipinski definition) is 5. The first-order valence-corrected chi connectivity index (χ1v) is 7.64. The smallest absolute Gasteiger partial charge is 0.265 e. The summed E-state index contributed by atoms with van der Waals surface area (Å²) in [7, 11) is 0. The number of anilines is 1. The summed E-state index contributed by atoms with van der Waals surface area (Å²) in [5, 5.41) is 7.51. The van der Waals surface area contributed by atoms with E-state index in [1.54, 1.807) is 30.5 Å². The lowest BCUT2D eigenvalue weighted by atomic mass is 10.1. The molecule has 8 heteroatoms. The summed E-state index contributed by atoms with van der Waals surface area (Å²) in [6, 6.07) is 8.82. The molecule has 1 N–H and O–H groups in total. The van der Waals surface area contributed by atoms with Crippen molar-refractivity contribution in [1.82, 2.24) is 19.7 Å². The van der Waals surface area contributed by atoms with Crippen molar-refractivity contribution in [2.75, 3.05) is 5.32 Å². The average molecular weight is 342 g/mol.